The highest BCUT2D eigenvalue weighted by molar-refractivity contribution is 6.09. The van der Waals surface area contributed by atoms with Crippen LogP contribution in [-0.4, -0.2) is 62.6 Å². The Bertz CT molecular complexity index is 310. The van der Waals surface area contributed by atoms with Crippen LogP contribution in [-0.2, 0) is 9.53 Å². The number of hydrogen-bond acceptors (Lipinski definition) is 4. The maximum absolute atomic E-state index is 11.4. The Balaban J connectivity index is 4.44. The molecule has 0 saturated heterocycles. The number of carbonyl (C=O) groups is 1. The molecule has 0 aliphatic heterocycles. The predicted molar refractivity (Wildman–Crippen MR) is 68.2 cm³/mol. The van der Waals surface area contributed by atoms with Crippen molar-refractivity contribution in [1.82, 2.24) is 0 Å². The van der Waals surface area contributed by atoms with Gasteiger partial charge in [-0.25, -0.2) is 4.79 Å². The number of quaternary nitrogens is 1. The van der Waals surface area contributed by atoms with Crippen LogP contribution in [0.5, 0.6) is 0 Å². The zero-order chi connectivity index (χ0) is 13.5. The van der Waals surface area contributed by atoms with Crippen molar-refractivity contribution in [3.63, 3.8) is 0 Å². The SMILES string of the molecule is CCOC(=O)/C(C=NCC[N+](C)(C)C)=C(/C)O. The molecule has 0 amide bonds. The van der Waals surface area contributed by atoms with Crippen molar-refractivity contribution >= 4 is 12.2 Å². The Hall–Kier alpha value is -1.36. The number of ether oxygens (including phenoxy) is 1. The molecule has 5 nitrogen and oxygen atoms in total. The summed E-state index contributed by atoms with van der Waals surface area (Å²) in [6.07, 6.45) is 1.38. The Morgan fingerprint density at radius 3 is 2.41 bits per heavy atom. The van der Waals surface area contributed by atoms with Gasteiger partial charge in [0, 0.05) is 6.21 Å². The van der Waals surface area contributed by atoms with E-state index in [9.17, 15) is 9.90 Å². The lowest BCUT2D eigenvalue weighted by Crippen LogP contribution is -2.36. The third-order valence-electron chi connectivity index (χ3n) is 2.01. The van der Waals surface area contributed by atoms with Gasteiger partial charge in [0.25, 0.3) is 0 Å². The van der Waals surface area contributed by atoms with Crippen LogP contribution in [0, 0.1) is 0 Å². The number of rotatable bonds is 6. The molecule has 0 aliphatic carbocycles. The number of hydrogen-bond donors (Lipinski definition) is 1. The lowest BCUT2D eigenvalue weighted by molar-refractivity contribution is -0.868. The zero-order valence-corrected chi connectivity index (χ0v) is 11.4. The fraction of sp³-hybridized carbons (Fsp3) is 0.667. The summed E-state index contributed by atoms with van der Waals surface area (Å²) in [5.41, 5.74) is 0.119. The highest BCUT2D eigenvalue weighted by atomic mass is 16.5. The third-order valence-corrected chi connectivity index (χ3v) is 2.01. The van der Waals surface area contributed by atoms with Crippen molar-refractivity contribution < 1.29 is 19.1 Å². The van der Waals surface area contributed by atoms with Crippen LogP contribution in [0.15, 0.2) is 16.3 Å². The standard InChI is InChI=1S/C12H22N2O3/c1-6-17-12(16)11(10(2)15)9-13-7-8-14(3,4)5/h9H,6-8H2,1-5H3/p+1. The zero-order valence-electron chi connectivity index (χ0n) is 11.4. The lowest BCUT2D eigenvalue weighted by atomic mass is 10.2. The van der Waals surface area contributed by atoms with E-state index in [1.807, 2.05) is 0 Å². The summed E-state index contributed by atoms with van der Waals surface area (Å²) in [5.74, 6) is -0.612. The molecule has 0 spiro atoms. The molecular formula is C12H23N2O3+. The highest BCUT2D eigenvalue weighted by Crippen LogP contribution is 2.01. The maximum Gasteiger partial charge on any atom is 0.343 e. The van der Waals surface area contributed by atoms with Gasteiger partial charge in [-0.1, -0.05) is 0 Å². The van der Waals surface area contributed by atoms with Gasteiger partial charge in [0.2, 0.25) is 0 Å². The first-order valence-corrected chi connectivity index (χ1v) is 5.65. The topological polar surface area (TPSA) is 58.9 Å². The second-order valence-electron chi connectivity index (χ2n) is 4.77. The van der Waals surface area contributed by atoms with Crippen molar-refractivity contribution in [2.75, 3.05) is 40.8 Å². The molecule has 0 aromatic rings. The van der Waals surface area contributed by atoms with Gasteiger partial charge in [-0.2, -0.15) is 0 Å². The van der Waals surface area contributed by atoms with E-state index in [1.54, 1.807) is 6.92 Å². The van der Waals surface area contributed by atoms with E-state index in [2.05, 4.69) is 26.1 Å². The Labute approximate surface area is 103 Å². The summed E-state index contributed by atoms with van der Waals surface area (Å²) in [7, 11) is 6.19. The van der Waals surface area contributed by atoms with Gasteiger partial charge in [-0.15, -0.1) is 0 Å². The molecule has 0 radical (unpaired) electrons. The van der Waals surface area contributed by atoms with E-state index < -0.39 is 5.97 Å². The number of aliphatic hydroxyl groups excluding tert-OH is 1. The molecule has 0 fully saturated rings. The molecule has 1 N–H and O–H groups in total. The summed E-state index contributed by atoms with van der Waals surface area (Å²) >= 11 is 0. The molecule has 0 heterocycles. The normalized spacial score (nSPS) is 13.7. The minimum atomic E-state index is -0.540. The molecule has 0 bridgehead atoms. The van der Waals surface area contributed by atoms with Gasteiger partial charge >= 0.3 is 5.97 Å². The Morgan fingerprint density at radius 2 is 2.00 bits per heavy atom. The summed E-state index contributed by atoms with van der Waals surface area (Å²) in [4.78, 5) is 15.6. The highest BCUT2D eigenvalue weighted by Gasteiger charge is 2.12. The smallest absolute Gasteiger partial charge is 0.343 e. The summed E-state index contributed by atoms with van der Waals surface area (Å²) in [6.45, 7) is 4.90. The van der Waals surface area contributed by atoms with E-state index in [0.717, 1.165) is 11.0 Å². The van der Waals surface area contributed by atoms with Crippen LogP contribution in [0.3, 0.4) is 0 Å². The number of aliphatic imine (C=N–C) groups is 1. The quantitative estimate of drug-likeness (QED) is 0.250. The van der Waals surface area contributed by atoms with E-state index in [1.165, 1.54) is 13.1 Å². The van der Waals surface area contributed by atoms with Crippen LogP contribution >= 0.6 is 0 Å². The van der Waals surface area contributed by atoms with Gasteiger partial charge in [0.1, 0.15) is 11.3 Å². The number of likely N-dealkylation sites (N-methyl/N-ethyl adjacent to an activating group) is 1. The number of carbonyl (C=O) groups excluding carboxylic acids is 1. The van der Waals surface area contributed by atoms with Gasteiger partial charge in [0.05, 0.1) is 40.8 Å². The Kier molecular flexibility index (Phi) is 6.50. The number of nitrogens with zero attached hydrogens (tertiary/aromatic N) is 2. The van der Waals surface area contributed by atoms with Crippen molar-refractivity contribution in [3.8, 4) is 0 Å². The van der Waals surface area contributed by atoms with E-state index in [4.69, 9.17) is 4.74 Å². The summed E-state index contributed by atoms with van der Waals surface area (Å²) in [5, 5.41) is 9.35. The second kappa shape index (κ2) is 7.06. The second-order valence-corrected chi connectivity index (χ2v) is 4.77. The molecular weight excluding hydrogens is 220 g/mol. The molecule has 0 aromatic heterocycles. The molecule has 0 aliphatic rings. The molecule has 0 saturated carbocycles. The Morgan fingerprint density at radius 1 is 1.41 bits per heavy atom. The third kappa shape index (κ3) is 7.52. The first kappa shape index (κ1) is 15.6. The van der Waals surface area contributed by atoms with Crippen LogP contribution in [0.1, 0.15) is 13.8 Å². The monoisotopic (exact) mass is 243 g/mol. The van der Waals surface area contributed by atoms with Crippen molar-refractivity contribution in [2.24, 2.45) is 4.99 Å². The van der Waals surface area contributed by atoms with Gasteiger partial charge in [-0.3, -0.25) is 4.99 Å². The fourth-order valence-corrected chi connectivity index (χ4v) is 1.02. The summed E-state index contributed by atoms with van der Waals surface area (Å²) in [6, 6.07) is 0. The van der Waals surface area contributed by atoms with E-state index in [-0.39, 0.29) is 17.9 Å². The van der Waals surface area contributed by atoms with Crippen molar-refractivity contribution in [3.05, 3.63) is 11.3 Å². The molecule has 5 heteroatoms. The maximum atomic E-state index is 11.4. The molecule has 0 rings (SSSR count). The van der Waals surface area contributed by atoms with Crippen molar-refractivity contribution in [2.45, 2.75) is 13.8 Å². The van der Waals surface area contributed by atoms with Gasteiger partial charge in [-0.05, 0) is 13.8 Å². The molecule has 17 heavy (non-hydrogen) atoms. The van der Waals surface area contributed by atoms with Crippen LogP contribution in [0.2, 0.25) is 0 Å². The molecule has 0 atom stereocenters. The first-order valence-electron chi connectivity index (χ1n) is 5.65. The molecule has 0 aromatic carbocycles. The van der Waals surface area contributed by atoms with Crippen LogP contribution in [0.4, 0.5) is 0 Å². The molecule has 0 unspecified atom stereocenters. The fourth-order valence-electron chi connectivity index (χ4n) is 1.02. The number of allylic oxidation sites excluding steroid dienone is 1. The number of aliphatic hydroxyl groups is 1. The number of esters is 1. The predicted octanol–water partition coefficient (Wildman–Crippen LogP) is 1.16. The first-order chi connectivity index (χ1) is 7.78. The summed E-state index contributed by atoms with van der Waals surface area (Å²) < 4.78 is 5.61. The largest absolute Gasteiger partial charge is 0.512 e. The van der Waals surface area contributed by atoms with Crippen LogP contribution in [0.25, 0.3) is 0 Å². The lowest BCUT2D eigenvalue weighted by Gasteiger charge is -2.22. The average molecular weight is 243 g/mol. The van der Waals surface area contributed by atoms with Gasteiger partial charge < -0.3 is 14.3 Å². The van der Waals surface area contributed by atoms with E-state index in [0.29, 0.717) is 6.54 Å². The van der Waals surface area contributed by atoms with E-state index >= 15 is 0 Å². The minimum absolute atomic E-state index is 0.0718. The molecule has 98 valence electrons. The average Bonchev–Trinajstić information content (AvgIpc) is 2.15. The van der Waals surface area contributed by atoms with Gasteiger partial charge in [0.15, 0.2) is 0 Å². The van der Waals surface area contributed by atoms with Crippen molar-refractivity contribution in [1.29, 1.82) is 0 Å². The van der Waals surface area contributed by atoms with Crippen LogP contribution < -0.4 is 0 Å². The minimum Gasteiger partial charge on any atom is -0.512 e.